The first-order valence-electron chi connectivity index (χ1n) is 9.11. The quantitative estimate of drug-likeness (QED) is 0.411. The van der Waals surface area contributed by atoms with Gasteiger partial charge in [0, 0.05) is 16.7 Å². The molecule has 0 aliphatic carbocycles. The third kappa shape index (κ3) is 4.10. The first-order chi connectivity index (χ1) is 13.5. The SMILES string of the molecule is C/C=C(\C)c1cc(O)c(C)c(OC(=O)c2c(O)c(C)c(O)c(Cl)c2/C(C)=C/C)c1. The normalized spacial score (nSPS) is 12.2. The number of carbonyl (C=O) groups is 1. The predicted molar refractivity (Wildman–Crippen MR) is 116 cm³/mol. The van der Waals surface area contributed by atoms with Crippen LogP contribution < -0.4 is 4.74 Å². The molecule has 0 aliphatic rings. The van der Waals surface area contributed by atoms with Gasteiger partial charge in [0.05, 0.1) is 5.02 Å². The number of phenols is 3. The van der Waals surface area contributed by atoms with Crippen LogP contribution in [-0.4, -0.2) is 21.3 Å². The second-order valence-electron chi connectivity index (χ2n) is 6.84. The lowest BCUT2D eigenvalue weighted by molar-refractivity contribution is 0.0729. The molecule has 0 radical (unpaired) electrons. The van der Waals surface area contributed by atoms with Crippen LogP contribution in [0.1, 0.15) is 60.3 Å². The molecule has 2 aromatic rings. The highest BCUT2D eigenvalue weighted by Crippen LogP contribution is 2.44. The molecule has 0 aliphatic heterocycles. The lowest BCUT2D eigenvalue weighted by atomic mass is 9.96. The Hall–Kier alpha value is -2.92. The van der Waals surface area contributed by atoms with Gasteiger partial charge >= 0.3 is 5.97 Å². The summed E-state index contributed by atoms with van der Waals surface area (Å²) in [5.41, 5.74) is 2.70. The van der Waals surface area contributed by atoms with Crippen LogP contribution in [0.25, 0.3) is 11.1 Å². The van der Waals surface area contributed by atoms with Crippen LogP contribution in [0, 0.1) is 13.8 Å². The van der Waals surface area contributed by atoms with Crippen molar-refractivity contribution < 1.29 is 24.9 Å². The average molecular weight is 417 g/mol. The van der Waals surface area contributed by atoms with Crippen molar-refractivity contribution in [1.29, 1.82) is 0 Å². The van der Waals surface area contributed by atoms with E-state index in [9.17, 15) is 20.1 Å². The lowest BCUT2D eigenvalue weighted by Gasteiger charge is -2.18. The number of hydrogen-bond acceptors (Lipinski definition) is 5. The Morgan fingerprint density at radius 2 is 1.52 bits per heavy atom. The molecule has 0 bridgehead atoms. The van der Waals surface area contributed by atoms with Gasteiger partial charge in [-0.2, -0.15) is 0 Å². The minimum absolute atomic E-state index is 0.0134. The van der Waals surface area contributed by atoms with Crippen molar-refractivity contribution in [1.82, 2.24) is 0 Å². The Morgan fingerprint density at radius 3 is 2.07 bits per heavy atom. The van der Waals surface area contributed by atoms with Crippen molar-refractivity contribution in [2.75, 3.05) is 0 Å². The summed E-state index contributed by atoms with van der Waals surface area (Å²) in [7, 11) is 0. The van der Waals surface area contributed by atoms with E-state index in [4.69, 9.17) is 16.3 Å². The average Bonchev–Trinajstić information content (AvgIpc) is 2.70. The second-order valence-corrected chi connectivity index (χ2v) is 7.22. The van der Waals surface area contributed by atoms with Gasteiger partial charge in [0.1, 0.15) is 28.6 Å². The molecule has 0 fully saturated rings. The molecule has 154 valence electrons. The number of esters is 1. The number of halogens is 1. The lowest BCUT2D eigenvalue weighted by Crippen LogP contribution is -2.13. The van der Waals surface area contributed by atoms with Crippen molar-refractivity contribution in [3.05, 3.63) is 57.1 Å². The first-order valence-corrected chi connectivity index (χ1v) is 9.49. The molecule has 0 aromatic heterocycles. The Balaban J connectivity index is 2.68. The van der Waals surface area contributed by atoms with Crippen molar-refractivity contribution in [2.45, 2.75) is 41.5 Å². The van der Waals surface area contributed by atoms with Gasteiger partial charge in [-0.25, -0.2) is 4.79 Å². The summed E-state index contributed by atoms with van der Waals surface area (Å²) in [5, 5.41) is 31.0. The summed E-state index contributed by atoms with van der Waals surface area (Å²) in [4.78, 5) is 13.1. The van der Waals surface area contributed by atoms with Gasteiger partial charge in [-0.15, -0.1) is 0 Å². The number of benzene rings is 2. The van der Waals surface area contributed by atoms with E-state index in [0.717, 1.165) is 5.57 Å². The second kappa shape index (κ2) is 8.62. The van der Waals surface area contributed by atoms with Gasteiger partial charge in [-0.05, 0) is 70.4 Å². The van der Waals surface area contributed by atoms with Crippen molar-refractivity contribution in [3.63, 3.8) is 0 Å². The highest BCUT2D eigenvalue weighted by Gasteiger charge is 2.28. The Morgan fingerprint density at radius 1 is 0.931 bits per heavy atom. The maximum absolute atomic E-state index is 13.1. The van der Waals surface area contributed by atoms with Gasteiger partial charge in [0.15, 0.2) is 0 Å². The first kappa shape index (κ1) is 22.4. The topological polar surface area (TPSA) is 87.0 Å². The van der Waals surface area contributed by atoms with Crippen molar-refractivity contribution >= 4 is 28.7 Å². The zero-order valence-corrected chi connectivity index (χ0v) is 18.1. The molecule has 0 saturated heterocycles. The molecular weight excluding hydrogens is 392 g/mol. The molecular formula is C23H25ClO5. The smallest absolute Gasteiger partial charge is 0.348 e. The van der Waals surface area contributed by atoms with Crippen LogP contribution in [0.4, 0.5) is 0 Å². The summed E-state index contributed by atoms with van der Waals surface area (Å²) in [5.74, 6) is -1.40. The number of phenolic OH excluding ortho intramolecular Hbond substituents is 3. The summed E-state index contributed by atoms with van der Waals surface area (Å²) in [6.07, 6.45) is 3.58. The molecule has 2 rings (SSSR count). The number of hydrogen-bond donors (Lipinski definition) is 3. The summed E-state index contributed by atoms with van der Waals surface area (Å²) >= 11 is 6.28. The standard InChI is InChI=1S/C23H25ClO5/c1-7-11(3)15-9-16(25)13(5)17(10-15)29-23(28)19-18(12(4)8-2)20(24)22(27)14(6)21(19)26/h7-10,25-27H,1-6H3/b11-7+,12-8+. The summed E-state index contributed by atoms with van der Waals surface area (Å²) in [6, 6.07) is 3.24. The zero-order valence-electron chi connectivity index (χ0n) is 17.3. The van der Waals surface area contributed by atoms with E-state index < -0.39 is 11.7 Å². The van der Waals surface area contributed by atoms with E-state index in [1.54, 1.807) is 39.0 Å². The molecule has 6 heteroatoms. The van der Waals surface area contributed by atoms with E-state index >= 15 is 0 Å². The molecule has 5 nitrogen and oxygen atoms in total. The van der Waals surface area contributed by atoms with E-state index in [1.807, 2.05) is 19.9 Å². The Labute approximate surface area is 175 Å². The fraction of sp³-hybridized carbons (Fsp3) is 0.261. The molecule has 0 unspecified atom stereocenters. The Kier molecular flexibility index (Phi) is 6.65. The van der Waals surface area contributed by atoms with Gasteiger partial charge in [-0.1, -0.05) is 23.8 Å². The largest absolute Gasteiger partial charge is 0.508 e. The molecule has 0 spiro atoms. The number of allylic oxidation sites excluding steroid dienone is 4. The zero-order chi connectivity index (χ0) is 22.0. The van der Waals surface area contributed by atoms with Crippen LogP contribution in [0.3, 0.4) is 0 Å². The Bertz CT molecular complexity index is 1050. The van der Waals surface area contributed by atoms with Crippen LogP contribution >= 0.6 is 11.6 Å². The van der Waals surface area contributed by atoms with E-state index in [1.165, 1.54) is 6.92 Å². The molecule has 3 N–H and O–H groups in total. The molecule has 0 heterocycles. The fourth-order valence-electron chi connectivity index (χ4n) is 2.85. The van der Waals surface area contributed by atoms with E-state index in [-0.39, 0.29) is 39.0 Å². The molecule has 2 aromatic carbocycles. The van der Waals surface area contributed by atoms with Gasteiger partial charge in [0.2, 0.25) is 0 Å². The van der Waals surface area contributed by atoms with E-state index in [0.29, 0.717) is 16.7 Å². The summed E-state index contributed by atoms with van der Waals surface area (Å²) < 4.78 is 5.56. The van der Waals surface area contributed by atoms with Crippen LogP contribution in [0.15, 0.2) is 24.3 Å². The predicted octanol–water partition coefficient (Wildman–Crippen LogP) is 6.14. The number of ether oxygens (including phenoxy) is 1. The number of rotatable bonds is 4. The molecule has 0 atom stereocenters. The van der Waals surface area contributed by atoms with Crippen LogP contribution in [0.5, 0.6) is 23.0 Å². The monoisotopic (exact) mass is 416 g/mol. The summed E-state index contributed by atoms with van der Waals surface area (Å²) in [6.45, 7) is 10.3. The van der Waals surface area contributed by atoms with Gasteiger partial charge in [0.25, 0.3) is 0 Å². The van der Waals surface area contributed by atoms with Crippen molar-refractivity contribution in [3.8, 4) is 23.0 Å². The highest BCUT2D eigenvalue weighted by atomic mass is 35.5. The highest BCUT2D eigenvalue weighted by molar-refractivity contribution is 6.34. The molecule has 0 amide bonds. The van der Waals surface area contributed by atoms with Crippen LogP contribution in [0.2, 0.25) is 5.02 Å². The van der Waals surface area contributed by atoms with Crippen molar-refractivity contribution in [2.24, 2.45) is 0 Å². The maximum atomic E-state index is 13.1. The minimum Gasteiger partial charge on any atom is -0.508 e. The maximum Gasteiger partial charge on any atom is 0.348 e. The third-order valence-corrected chi connectivity index (χ3v) is 5.45. The third-order valence-electron chi connectivity index (χ3n) is 5.08. The number of aromatic hydroxyl groups is 3. The fourth-order valence-corrected chi connectivity index (χ4v) is 3.23. The van der Waals surface area contributed by atoms with E-state index in [2.05, 4.69) is 0 Å². The van der Waals surface area contributed by atoms with Crippen LogP contribution in [-0.2, 0) is 0 Å². The van der Waals surface area contributed by atoms with Gasteiger partial charge < -0.3 is 20.1 Å². The molecule has 0 saturated carbocycles. The molecule has 29 heavy (non-hydrogen) atoms. The van der Waals surface area contributed by atoms with Gasteiger partial charge in [-0.3, -0.25) is 0 Å². The minimum atomic E-state index is -0.846. The number of carbonyl (C=O) groups excluding carboxylic acids is 1.